The van der Waals surface area contributed by atoms with Crippen LogP contribution in [0, 0.1) is 5.92 Å². The molecule has 0 atom stereocenters. The molecule has 3 rings (SSSR count). The molecule has 2 heterocycles. The summed E-state index contributed by atoms with van der Waals surface area (Å²) in [4.78, 5) is 22.7. The van der Waals surface area contributed by atoms with Gasteiger partial charge in [-0.1, -0.05) is 11.6 Å². The van der Waals surface area contributed by atoms with Gasteiger partial charge in [0.1, 0.15) is 19.0 Å². The summed E-state index contributed by atoms with van der Waals surface area (Å²) in [5.74, 6) is 1.19. The molecule has 1 fully saturated rings. The van der Waals surface area contributed by atoms with Crippen LogP contribution in [0.1, 0.15) is 12.8 Å². The molecule has 1 aromatic carbocycles. The average Bonchev–Trinajstić information content (AvgIpc) is 2.67. The SMILES string of the molecule is O=C(OCCOc1ccc(Cl)cc1)C1CCN(c2ncccn2)CC1. The van der Waals surface area contributed by atoms with Gasteiger partial charge in [0.15, 0.2) is 0 Å². The van der Waals surface area contributed by atoms with E-state index in [4.69, 9.17) is 21.1 Å². The van der Waals surface area contributed by atoms with Gasteiger partial charge in [0, 0.05) is 30.5 Å². The second-order valence-corrected chi connectivity index (χ2v) is 6.22. The number of carbonyl (C=O) groups is 1. The molecule has 0 spiro atoms. The van der Waals surface area contributed by atoms with E-state index >= 15 is 0 Å². The zero-order chi connectivity index (χ0) is 17.5. The lowest BCUT2D eigenvalue weighted by Gasteiger charge is -2.30. The van der Waals surface area contributed by atoms with Crippen LogP contribution in [0.4, 0.5) is 5.95 Å². The zero-order valence-electron chi connectivity index (χ0n) is 13.8. The smallest absolute Gasteiger partial charge is 0.309 e. The van der Waals surface area contributed by atoms with Crippen LogP contribution in [-0.4, -0.2) is 42.2 Å². The number of benzene rings is 1. The molecule has 0 saturated carbocycles. The van der Waals surface area contributed by atoms with E-state index in [9.17, 15) is 4.79 Å². The first-order valence-corrected chi connectivity index (χ1v) is 8.67. The van der Waals surface area contributed by atoms with Crippen molar-refractivity contribution in [1.29, 1.82) is 0 Å². The Labute approximate surface area is 151 Å². The number of hydrogen-bond donors (Lipinski definition) is 0. The first kappa shape index (κ1) is 17.5. The predicted octanol–water partition coefficient (Wildman–Crippen LogP) is 2.97. The van der Waals surface area contributed by atoms with Gasteiger partial charge in [-0.25, -0.2) is 9.97 Å². The number of aromatic nitrogens is 2. The molecule has 0 amide bonds. The third-order valence-electron chi connectivity index (χ3n) is 4.07. The van der Waals surface area contributed by atoms with E-state index in [0.29, 0.717) is 23.3 Å². The van der Waals surface area contributed by atoms with Crippen molar-refractivity contribution in [2.45, 2.75) is 12.8 Å². The fourth-order valence-corrected chi connectivity index (χ4v) is 2.85. The minimum atomic E-state index is -0.159. The molecule has 0 bridgehead atoms. The van der Waals surface area contributed by atoms with Crippen molar-refractivity contribution < 1.29 is 14.3 Å². The highest BCUT2D eigenvalue weighted by Gasteiger charge is 2.27. The van der Waals surface area contributed by atoms with Crippen molar-refractivity contribution >= 4 is 23.5 Å². The van der Waals surface area contributed by atoms with Gasteiger partial charge in [0.05, 0.1) is 5.92 Å². The van der Waals surface area contributed by atoms with Crippen molar-refractivity contribution in [2.75, 3.05) is 31.2 Å². The molecular formula is C18H20ClN3O3. The lowest BCUT2D eigenvalue weighted by Crippen LogP contribution is -2.38. The van der Waals surface area contributed by atoms with E-state index < -0.39 is 0 Å². The topological polar surface area (TPSA) is 64.6 Å². The van der Waals surface area contributed by atoms with Gasteiger partial charge in [-0.2, -0.15) is 0 Å². The molecule has 0 aliphatic carbocycles. The summed E-state index contributed by atoms with van der Waals surface area (Å²) >= 11 is 5.81. The zero-order valence-corrected chi connectivity index (χ0v) is 14.6. The fraction of sp³-hybridized carbons (Fsp3) is 0.389. The molecule has 132 valence electrons. The van der Waals surface area contributed by atoms with E-state index in [2.05, 4.69) is 14.9 Å². The van der Waals surface area contributed by atoms with Crippen LogP contribution in [0.15, 0.2) is 42.7 Å². The maximum absolute atomic E-state index is 12.2. The molecule has 0 N–H and O–H groups in total. The average molecular weight is 362 g/mol. The highest BCUT2D eigenvalue weighted by Crippen LogP contribution is 2.21. The maximum Gasteiger partial charge on any atom is 0.309 e. The van der Waals surface area contributed by atoms with E-state index in [1.165, 1.54) is 0 Å². The van der Waals surface area contributed by atoms with Crippen LogP contribution < -0.4 is 9.64 Å². The van der Waals surface area contributed by atoms with E-state index in [0.717, 1.165) is 25.9 Å². The van der Waals surface area contributed by atoms with E-state index in [-0.39, 0.29) is 18.5 Å². The molecule has 1 aliphatic rings. The first-order chi connectivity index (χ1) is 12.2. The Bertz CT molecular complexity index is 674. The van der Waals surface area contributed by atoms with E-state index in [1.807, 2.05) is 0 Å². The molecule has 0 radical (unpaired) electrons. The van der Waals surface area contributed by atoms with Crippen molar-refractivity contribution in [3.63, 3.8) is 0 Å². The summed E-state index contributed by atoms with van der Waals surface area (Å²) in [6.07, 6.45) is 4.94. The Hall–Kier alpha value is -2.34. The molecule has 2 aromatic rings. The summed E-state index contributed by atoms with van der Waals surface area (Å²) in [5.41, 5.74) is 0. The van der Waals surface area contributed by atoms with Gasteiger partial charge in [-0.3, -0.25) is 4.79 Å². The molecule has 0 unspecified atom stereocenters. The number of ether oxygens (including phenoxy) is 2. The summed E-state index contributed by atoms with van der Waals surface area (Å²) in [6.45, 7) is 2.07. The van der Waals surface area contributed by atoms with Crippen LogP contribution in [0.2, 0.25) is 5.02 Å². The Morgan fingerprint density at radius 2 is 1.80 bits per heavy atom. The second-order valence-electron chi connectivity index (χ2n) is 5.78. The standard InChI is InChI=1S/C18H20ClN3O3/c19-15-2-4-16(5-3-15)24-12-13-25-17(23)14-6-10-22(11-7-14)18-20-8-1-9-21-18/h1-5,8-9,14H,6-7,10-13H2. The van der Waals surface area contributed by atoms with Crippen LogP contribution in [0.25, 0.3) is 0 Å². The Balaban J connectivity index is 1.36. The number of hydrogen-bond acceptors (Lipinski definition) is 6. The largest absolute Gasteiger partial charge is 0.490 e. The summed E-state index contributed by atoms with van der Waals surface area (Å²) in [5, 5.41) is 0.658. The highest BCUT2D eigenvalue weighted by molar-refractivity contribution is 6.30. The first-order valence-electron chi connectivity index (χ1n) is 8.29. The van der Waals surface area contributed by atoms with Crippen molar-refractivity contribution in [3.8, 4) is 5.75 Å². The number of piperidine rings is 1. The third-order valence-corrected chi connectivity index (χ3v) is 4.33. The number of esters is 1. The molecule has 1 aromatic heterocycles. The number of rotatable bonds is 6. The molecular weight excluding hydrogens is 342 g/mol. The normalized spacial score (nSPS) is 15.0. The molecule has 1 aliphatic heterocycles. The minimum Gasteiger partial charge on any atom is -0.490 e. The van der Waals surface area contributed by atoms with Crippen molar-refractivity contribution in [3.05, 3.63) is 47.7 Å². The van der Waals surface area contributed by atoms with Gasteiger partial charge in [0.2, 0.25) is 5.95 Å². The summed E-state index contributed by atoms with van der Waals surface area (Å²) in [6, 6.07) is 8.87. The molecule has 7 heteroatoms. The second kappa shape index (κ2) is 8.67. The number of nitrogens with zero attached hydrogens (tertiary/aromatic N) is 3. The fourth-order valence-electron chi connectivity index (χ4n) is 2.72. The monoisotopic (exact) mass is 361 g/mol. The Morgan fingerprint density at radius 1 is 1.12 bits per heavy atom. The van der Waals surface area contributed by atoms with Crippen molar-refractivity contribution in [2.24, 2.45) is 5.92 Å². The number of carbonyl (C=O) groups excluding carboxylic acids is 1. The van der Waals surface area contributed by atoms with Crippen LogP contribution in [0.3, 0.4) is 0 Å². The lowest BCUT2D eigenvalue weighted by molar-refractivity contribution is -0.150. The van der Waals surface area contributed by atoms with Gasteiger partial charge < -0.3 is 14.4 Å². The predicted molar refractivity (Wildman–Crippen MR) is 94.9 cm³/mol. The molecule has 1 saturated heterocycles. The maximum atomic E-state index is 12.2. The van der Waals surface area contributed by atoms with Gasteiger partial charge in [-0.15, -0.1) is 0 Å². The lowest BCUT2D eigenvalue weighted by atomic mass is 9.97. The molecule has 6 nitrogen and oxygen atoms in total. The summed E-state index contributed by atoms with van der Waals surface area (Å²) in [7, 11) is 0. The molecule has 25 heavy (non-hydrogen) atoms. The quantitative estimate of drug-likeness (QED) is 0.582. The number of halogens is 1. The Kier molecular flexibility index (Phi) is 6.06. The number of anilines is 1. The van der Waals surface area contributed by atoms with Crippen LogP contribution >= 0.6 is 11.6 Å². The summed E-state index contributed by atoms with van der Waals surface area (Å²) < 4.78 is 10.8. The Morgan fingerprint density at radius 3 is 2.48 bits per heavy atom. The van der Waals surface area contributed by atoms with Gasteiger partial charge in [-0.05, 0) is 43.2 Å². The minimum absolute atomic E-state index is 0.0736. The van der Waals surface area contributed by atoms with Crippen LogP contribution in [0.5, 0.6) is 5.75 Å². The van der Waals surface area contributed by atoms with Crippen LogP contribution in [-0.2, 0) is 9.53 Å². The highest BCUT2D eigenvalue weighted by atomic mass is 35.5. The van der Waals surface area contributed by atoms with Gasteiger partial charge in [0.25, 0.3) is 0 Å². The third kappa shape index (κ3) is 5.06. The van der Waals surface area contributed by atoms with Gasteiger partial charge >= 0.3 is 5.97 Å². The van der Waals surface area contributed by atoms with Crippen molar-refractivity contribution in [1.82, 2.24) is 9.97 Å². The van der Waals surface area contributed by atoms with E-state index in [1.54, 1.807) is 42.7 Å².